The Morgan fingerprint density at radius 1 is 1.28 bits per heavy atom. The molecule has 1 heterocycles. The van der Waals surface area contributed by atoms with Crippen LogP contribution in [0.5, 0.6) is 0 Å². The van der Waals surface area contributed by atoms with E-state index >= 15 is 0 Å². The van der Waals surface area contributed by atoms with E-state index in [4.69, 9.17) is 0 Å². The summed E-state index contributed by atoms with van der Waals surface area (Å²) < 4.78 is 13.1. The van der Waals surface area contributed by atoms with Gasteiger partial charge in [-0.1, -0.05) is 27.7 Å². The van der Waals surface area contributed by atoms with E-state index < -0.39 is 0 Å². The fourth-order valence-electron chi connectivity index (χ4n) is 2.92. The Morgan fingerprint density at radius 2 is 1.89 bits per heavy atom. The Hall–Kier alpha value is -0.960. The van der Waals surface area contributed by atoms with Crippen LogP contribution in [0.4, 0.5) is 4.39 Å². The van der Waals surface area contributed by atoms with Gasteiger partial charge in [-0.15, -0.1) is 0 Å². The quantitative estimate of drug-likeness (QED) is 0.884. The third-order valence-corrected chi connectivity index (χ3v) is 5.17. The maximum atomic E-state index is 13.1. The van der Waals surface area contributed by atoms with Crippen molar-refractivity contribution in [1.29, 1.82) is 0 Å². The predicted octanol–water partition coefficient (Wildman–Crippen LogP) is 3.55. The van der Waals surface area contributed by atoms with E-state index in [0.29, 0.717) is 16.7 Å². The first kappa shape index (κ1) is 13.5. The van der Waals surface area contributed by atoms with Gasteiger partial charge in [0.25, 0.3) is 0 Å². The third kappa shape index (κ3) is 2.16. The van der Waals surface area contributed by atoms with E-state index in [2.05, 4.69) is 44.9 Å². The monoisotopic (exact) mass is 250 g/mol. The van der Waals surface area contributed by atoms with Crippen LogP contribution in [-0.2, 0) is 0 Å². The van der Waals surface area contributed by atoms with Crippen LogP contribution < -0.4 is 5.32 Å². The Morgan fingerprint density at radius 3 is 2.39 bits per heavy atom. The van der Waals surface area contributed by atoms with E-state index in [9.17, 15) is 4.39 Å². The molecule has 1 saturated carbocycles. The van der Waals surface area contributed by atoms with Crippen molar-refractivity contribution in [3.8, 4) is 0 Å². The second kappa shape index (κ2) is 4.30. The summed E-state index contributed by atoms with van der Waals surface area (Å²) >= 11 is 0. The standard InChI is InChI=1S/C15H23FN2/c1-10(11-6-12(16)8-17-7-11)18-9-13-14(2,3)15(13,4)5/h6-8,10,13,18H,9H2,1-5H3. The van der Waals surface area contributed by atoms with Crippen molar-refractivity contribution in [1.82, 2.24) is 10.3 Å². The molecule has 1 aliphatic rings. The molecule has 2 nitrogen and oxygen atoms in total. The van der Waals surface area contributed by atoms with Gasteiger partial charge in [-0.2, -0.15) is 0 Å². The van der Waals surface area contributed by atoms with Gasteiger partial charge in [0.1, 0.15) is 5.82 Å². The van der Waals surface area contributed by atoms with Gasteiger partial charge in [-0.25, -0.2) is 4.39 Å². The van der Waals surface area contributed by atoms with Crippen molar-refractivity contribution in [2.75, 3.05) is 6.54 Å². The van der Waals surface area contributed by atoms with Crippen LogP contribution in [0.15, 0.2) is 18.5 Å². The lowest BCUT2D eigenvalue weighted by Crippen LogP contribution is -2.23. The van der Waals surface area contributed by atoms with Gasteiger partial charge in [-0.05, 0) is 41.8 Å². The van der Waals surface area contributed by atoms with Crippen molar-refractivity contribution in [2.45, 2.75) is 40.7 Å². The van der Waals surface area contributed by atoms with Gasteiger partial charge in [-0.3, -0.25) is 4.98 Å². The molecule has 100 valence electrons. The molecule has 0 radical (unpaired) electrons. The summed E-state index contributed by atoms with van der Waals surface area (Å²) in [4.78, 5) is 3.89. The molecule has 1 aromatic heterocycles. The second-order valence-electron chi connectivity index (χ2n) is 6.56. The topological polar surface area (TPSA) is 24.9 Å². The molecule has 1 N–H and O–H groups in total. The van der Waals surface area contributed by atoms with Crippen molar-refractivity contribution in [3.63, 3.8) is 0 Å². The lowest BCUT2D eigenvalue weighted by molar-refractivity contribution is 0.457. The van der Waals surface area contributed by atoms with Crippen LogP contribution in [0.2, 0.25) is 0 Å². The number of pyridine rings is 1. The Balaban J connectivity index is 1.92. The zero-order chi connectivity index (χ0) is 13.6. The molecule has 1 fully saturated rings. The highest BCUT2D eigenvalue weighted by Crippen LogP contribution is 2.68. The molecule has 0 amide bonds. The molecule has 18 heavy (non-hydrogen) atoms. The summed E-state index contributed by atoms with van der Waals surface area (Å²) in [6.07, 6.45) is 2.97. The van der Waals surface area contributed by atoms with Gasteiger partial charge in [0, 0.05) is 12.2 Å². The van der Waals surface area contributed by atoms with Gasteiger partial charge in [0.15, 0.2) is 0 Å². The Kier molecular flexibility index (Phi) is 3.22. The number of nitrogens with one attached hydrogen (secondary N) is 1. The molecule has 0 spiro atoms. The average molecular weight is 250 g/mol. The zero-order valence-electron chi connectivity index (χ0n) is 11.9. The van der Waals surface area contributed by atoms with E-state index in [0.717, 1.165) is 12.1 Å². The van der Waals surface area contributed by atoms with Crippen LogP contribution in [-0.4, -0.2) is 11.5 Å². The Labute approximate surface area is 109 Å². The van der Waals surface area contributed by atoms with Crippen LogP contribution in [0.25, 0.3) is 0 Å². The molecular formula is C15H23FN2. The zero-order valence-corrected chi connectivity index (χ0v) is 11.9. The van der Waals surface area contributed by atoms with Crippen LogP contribution in [0.3, 0.4) is 0 Å². The van der Waals surface area contributed by atoms with Crippen LogP contribution >= 0.6 is 0 Å². The minimum absolute atomic E-state index is 0.139. The van der Waals surface area contributed by atoms with Gasteiger partial charge < -0.3 is 5.32 Å². The number of halogens is 1. The first-order chi connectivity index (χ1) is 8.26. The summed E-state index contributed by atoms with van der Waals surface area (Å²) in [7, 11) is 0. The third-order valence-electron chi connectivity index (χ3n) is 5.17. The highest BCUT2D eigenvalue weighted by molar-refractivity contribution is 5.16. The smallest absolute Gasteiger partial charge is 0.141 e. The molecule has 0 aliphatic heterocycles. The largest absolute Gasteiger partial charge is 0.310 e. The molecule has 1 aromatic rings. The molecule has 3 heteroatoms. The summed E-state index contributed by atoms with van der Waals surface area (Å²) in [6, 6.07) is 1.69. The maximum absolute atomic E-state index is 13.1. The molecule has 1 atom stereocenters. The summed E-state index contributed by atoms with van der Waals surface area (Å²) in [5, 5.41) is 3.49. The summed E-state index contributed by atoms with van der Waals surface area (Å²) in [5.41, 5.74) is 1.69. The van der Waals surface area contributed by atoms with Gasteiger partial charge in [0.2, 0.25) is 0 Å². The second-order valence-corrected chi connectivity index (χ2v) is 6.56. The van der Waals surface area contributed by atoms with Crippen molar-refractivity contribution >= 4 is 0 Å². The SMILES string of the molecule is CC(NCC1C(C)(C)C1(C)C)c1cncc(F)c1. The lowest BCUT2D eigenvalue weighted by atomic mass is 10.0. The number of aromatic nitrogens is 1. The van der Waals surface area contributed by atoms with Gasteiger partial charge >= 0.3 is 0 Å². The highest BCUT2D eigenvalue weighted by atomic mass is 19.1. The molecule has 0 saturated heterocycles. The van der Waals surface area contributed by atoms with E-state index in [1.54, 1.807) is 12.3 Å². The van der Waals surface area contributed by atoms with Crippen molar-refractivity contribution in [2.24, 2.45) is 16.7 Å². The average Bonchev–Trinajstić information content (AvgIpc) is 2.66. The van der Waals surface area contributed by atoms with Crippen LogP contribution in [0, 0.1) is 22.6 Å². The van der Waals surface area contributed by atoms with Crippen molar-refractivity contribution < 1.29 is 4.39 Å². The number of rotatable bonds is 4. The fourth-order valence-corrected chi connectivity index (χ4v) is 2.92. The fraction of sp³-hybridized carbons (Fsp3) is 0.667. The van der Waals surface area contributed by atoms with Gasteiger partial charge in [0.05, 0.1) is 6.20 Å². The molecule has 1 aliphatic carbocycles. The van der Waals surface area contributed by atoms with E-state index in [1.807, 2.05) is 0 Å². The minimum Gasteiger partial charge on any atom is -0.310 e. The molecule has 2 rings (SSSR count). The minimum atomic E-state index is -0.270. The predicted molar refractivity (Wildman–Crippen MR) is 71.7 cm³/mol. The first-order valence-corrected chi connectivity index (χ1v) is 6.60. The highest BCUT2D eigenvalue weighted by Gasteiger charge is 2.63. The molecule has 0 bridgehead atoms. The molecular weight excluding hydrogens is 227 g/mol. The number of nitrogens with zero attached hydrogens (tertiary/aromatic N) is 1. The Bertz CT molecular complexity index is 426. The van der Waals surface area contributed by atoms with E-state index in [-0.39, 0.29) is 11.9 Å². The first-order valence-electron chi connectivity index (χ1n) is 6.60. The summed E-state index contributed by atoms with van der Waals surface area (Å²) in [6.45, 7) is 12.3. The lowest BCUT2D eigenvalue weighted by Gasteiger charge is -2.14. The maximum Gasteiger partial charge on any atom is 0.141 e. The van der Waals surface area contributed by atoms with Crippen LogP contribution in [0.1, 0.15) is 46.2 Å². The van der Waals surface area contributed by atoms with E-state index in [1.165, 1.54) is 6.20 Å². The summed E-state index contributed by atoms with van der Waals surface area (Å²) in [5.74, 6) is 0.405. The number of hydrogen-bond acceptors (Lipinski definition) is 2. The molecule has 1 unspecified atom stereocenters. The normalized spacial score (nSPS) is 22.8. The number of hydrogen-bond donors (Lipinski definition) is 1. The molecule has 0 aromatic carbocycles. The van der Waals surface area contributed by atoms with Crippen molar-refractivity contribution in [3.05, 3.63) is 29.8 Å².